The molecule has 0 aliphatic rings. The molecule has 7 heteroatoms. The van der Waals surface area contributed by atoms with Crippen molar-refractivity contribution in [1.29, 1.82) is 0 Å². The van der Waals surface area contributed by atoms with Gasteiger partial charge in [-0.25, -0.2) is 0 Å². The second kappa shape index (κ2) is 12.5. The van der Waals surface area contributed by atoms with Crippen molar-refractivity contribution in [2.75, 3.05) is 0 Å². The average molecular weight is 497 g/mol. The predicted molar refractivity (Wildman–Crippen MR) is 88.2 cm³/mol. The molecule has 0 aromatic heterocycles. The Morgan fingerprint density at radius 3 is 1.14 bits per heavy atom. The molecule has 0 aliphatic carbocycles. The zero-order valence-corrected chi connectivity index (χ0v) is 15.5. The molecule has 0 radical (unpaired) electrons. The van der Waals surface area contributed by atoms with Crippen molar-refractivity contribution >= 4 is 40.3 Å². The molecular formula is C15H18BiN3O3. The van der Waals surface area contributed by atoms with Crippen molar-refractivity contribution in [3.63, 3.8) is 0 Å². The van der Waals surface area contributed by atoms with E-state index in [-0.39, 0.29) is 0 Å². The van der Waals surface area contributed by atoms with Crippen LogP contribution >= 0.6 is 0 Å². The molecule has 0 saturated carbocycles. The first-order valence-corrected chi connectivity index (χ1v) is 11.3. The topological polar surface area (TPSA) is 87.3 Å². The summed E-state index contributed by atoms with van der Waals surface area (Å²) in [5, 5.41) is 0. The van der Waals surface area contributed by atoms with Gasteiger partial charge in [-0.1, -0.05) is 0 Å². The Morgan fingerprint density at radius 1 is 0.636 bits per heavy atom. The molecule has 3 amide bonds. The first-order chi connectivity index (χ1) is 10.5. The Bertz CT molecular complexity index is 460. The monoisotopic (exact) mass is 497 g/mol. The molecule has 6 nitrogen and oxygen atoms in total. The number of hydrogen-bond donors (Lipinski definition) is 3. The summed E-state index contributed by atoms with van der Waals surface area (Å²) in [6, 6.07) is 0. The SMILES string of the molecule is C=CC=CC(=O)[NH][Bi]([NH]C(=O)C=CC=C)[NH]C(=O)C=CC=C. The Labute approximate surface area is 138 Å². The van der Waals surface area contributed by atoms with E-state index in [1.807, 2.05) is 0 Å². The molecule has 0 unspecified atom stereocenters. The minimum atomic E-state index is -3.30. The van der Waals surface area contributed by atoms with Crippen molar-refractivity contribution in [1.82, 2.24) is 9.78 Å². The van der Waals surface area contributed by atoms with Gasteiger partial charge in [-0.15, -0.1) is 0 Å². The van der Waals surface area contributed by atoms with Crippen LogP contribution in [-0.4, -0.2) is 40.3 Å². The van der Waals surface area contributed by atoms with Crippen molar-refractivity contribution in [2.24, 2.45) is 0 Å². The van der Waals surface area contributed by atoms with Crippen LogP contribution in [-0.2, 0) is 14.4 Å². The fraction of sp³-hybridized carbons (Fsp3) is 0. The third-order valence-corrected chi connectivity index (χ3v) is 7.00. The maximum atomic E-state index is 11.6. The molecule has 22 heavy (non-hydrogen) atoms. The van der Waals surface area contributed by atoms with E-state index in [9.17, 15) is 14.4 Å². The Balaban J connectivity index is 4.84. The van der Waals surface area contributed by atoms with Crippen LogP contribution in [0.2, 0.25) is 0 Å². The second-order valence-electron chi connectivity index (χ2n) is 3.55. The molecule has 0 aliphatic heterocycles. The van der Waals surface area contributed by atoms with Gasteiger partial charge in [0.2, 0.25) is 0 Å². The van der Waals surface area contributed by atoms with Crippen LogP contribution in [0.1, 0.15) is 0 Å². The van der Waals surface area contributed by atoms with E-state index in [0.29, 0.717) is 0 Å². The van der Waals surface area contributed by atoms with E-state index in [1.165, 1.54) is 54.7 Å². The number of allylic oxidation sites excluding steroid dienone is 6. The van der Waals surface area contributed by atoms with Crippen LogP contribution in [0.15, 0.2) is 74.4 Å². The van der Waals surface area contributed by atoms with Crippen LogP contribution in [0.3, 0.4) is 0 Å². The molecule has 0 atom stereocenters. The van der Waals surface area contributed by atoms with Crippen molar-refractivity contribution in [3.8, 4) is 0 Å². The second-order valence-corrected chi connectivity index (χ2v) is 8.76. The van der Waals surface area contributed by atoms with Gasteiger partial charge in [0.05, 0.1) is 0 Å². The van der Waals surface area contributed by atoms with Crippen LogP contribution in [0, 0.1) is 0 Å². The van der Waals surface area contributed by atoms with Crippen LogP contribution in [0.4, 0.5) is 0 Å². The molecular weight excluding hydrogens is 479 g/mol. The van der Waals surface area contributed by atoms with E-state index < -0.39 is 40.3 Å². The molecule has 0 heterocycles. The maximum absolute atomic E-state index is 11.6. The zero-order chi connectivity index (χ0) is 16.8. The molecule has 0 saturated heterocycles. The molecule has 116 valence electrons. The van der Waals surface area contributed by atoms with Gasteiger partial charge in [-0.2, -0.15) is 0 Å². The van der Waals surface area contributed by atoms with E-state index in [4.69, 9.17) is 0 Å². The van der Waals surface area contributed by atoms with E-state index in [0.717, 1.165) is 0 Å². The van der Waals surface area contributed by atoms with Gasteiger partial charge >= 0.3 is 139 Å². The van der Waals surface area contributed by atoms with Crippen LogP contribution in [0.25, 0.3) is 0 Å². The summed E-state index contributed by atoms with van der Waals surface area (Å²) in [4.78, 5) is 34.9. The van der Waals surface area contributed by atoms with Gasteiger partial charge in [0.25, 0.3) is 0 Å². The number of hydrogen-bond acceptors (Lipinski definition) is 3. The van der Waals surface area contributed by atoms with Gasteiger partial charge in [-0.05, 0) is 0 Å². The summed E-state index contributed by atoms with van der Waals surface area (Å²) in [5.41, 5.74) is 0. The summed E-state index contributed by atoms with van der Waals surface area (Å²) in [7, 11) is 0. The third kappa shape index (κ3) is 10.5. The zero-order valence-electron chi connectivity index (χ0n) is 12.0. The van der Waals surface area contributed by atoms with Gasteiger partial charge in [0.1, 0.15) is 0 Å². The number of carbonyl (C=O) groups is 3. The van der Waals surface area contributed by atoms with Gasteiger partial charge in [0.15, 0.2) is 0 Å². The molecule has 0 bridgehead atoms. The van der Waals surface area contributed by atoms with Crippen LogP contribution < -0.4 is 9.78 Å². The van der Waals surface area contributed by atoms with E-state index in [1.54, 1.807) is 0 Å². The predicted octanol–water partition coefficient (Wildman–Crippen LogP) is 0.546. The Hall–Kier alpha value is -2.27. The van der Waals surface area contributed by atoms with Gasteiger partial charge in [-0.3, -0.25) is 0 Å². The quantitative estimate of drug-likeness (QED) is 0.247. The van der Waals surface area contributed by atoms with E-state index in [2.05, 4.69) is 29.5 Å². The standard InChI is InChI=1S/3C5H7NO.Bi/c3*1-2-3-4-5(6)7;/h3*2-4H,1H2,(H2,6,7);/q;;;+3/p-3. The normalized spacial score (nSPS) is 10.8. The summed E-state index contributed by atoms with van der Waals surface area (Å²) in [5.74, 6) is -1.25. The molecule has 0 spiro atoms. The number of nitrogens with one attached hydrogen (secondary N) is 3. The molecule has 0 aromatic carbocycles. The molecule has 0 rings (SSSR count). The fourth-order valence-corrected chi connectivity index (χ4v) is 5.08. The van der Waals surface area contributed by atoms with Crippen molar-refractivity contribution in [3.05, 3.63) is 74.4 Å². The van der Waals surface area contributed by atoms with Crippen molar-refractivity contribution in [2.45, 2.75) is 0 Å². The number of rotatable bonds is 9. The third-order valence-electron chi connectivity index (χ3n) is 1.82. The molecule has 0 fully saturated rings. The van der Waals surface area contributed by atoms with Crippen molar-refractivity contribution < 1.29 is 14.4 Å². The summed E-state index contributed by atoms with van der Waals surface area (Å²) >= 11 is -3.30. The summed E-state index contributed by atoms with van der Waals surface area (Å²) in [6.45, 7) is 10.3. The number of amides is 3. The molecule has 3 N–H and O–H groups in total. The Morgan fingerprint density at radius 2 is 0.909 bits per heavy atom. The minimum absolute atomic E-state index is 0.418. The first kappa shape index (κ1) is 19.7. The number of carbonyl (C=O) groups excluding carboxylic acids is 3. The summed E-state index contributed by atoms with van der Waals surface area (Å²) < 4.78 is 7.84. The van der Waals surface area contributed by atoms with Crippen LogP contribution in [0.5, 0.6) is 0 Å². The fourth-order valence-electron chi connectivity index (χ4n) is 0.993. The molecule has 0 aromatic rings. The van der Waals surface area contributed by atoms with E-state index >= 15 is 0 Å². The average Bonchev–Trinajstić information content (AvgIpc) is 2.48. The van der Waals surface area contributed by atoms with Gasteiger partial charge in [0, 0.05) is 0 Å². The van der Waals surface area contributed by atoms with Gasteiger partial charge < -0.3 is 0 Å². The summed E-state index contributed by atoms with van der Waals surface area (Å²) in [6.07, 6.45) is 12.5. The Kier molecular flexibility index (Phi) is 11.2. The first-order valence-electron chi connectivity index (χ1n) is 6.12.